The molecule has 1 fully saturated rings. The molecule has 11 heteroatoms. The molecule has 0 radical (unpaired) electrons. The Bertz CT molecular complexity index is 782. The summed E-state index contributed by atoms with van der Waals surface area (Å²) in [6, 6.07) is 1.52. The van der Waals surface area contributed by atoms with Gasteiger partial charge >= 0.3 is 35.5 Å². The van der Waals surface area contributed by atoms with Crippen LogP contribution in [-0.4, -0.2) is 53.2 Å². The van der Waals surface area contributed by atoms with Gasteiger partial charge in [-0.15, -0.1) is 23.1 Å². The van der Waals surface area contributed by atoms with Gasteiger partial charge in [-0.3, -0.25) is 14.4 Å². The maximum absolute atomic E-state index is 12.4. The third-order valence-corrected chi connectivity index (χ3v) is 6.19. The number of ether oxygens (including phenoxy) is 1. The molecular formula is C16H15N2NaO6S2. The molecule has 0 bridgehead atoms. The molecule has 0 aromatic carbocycles. The molecule has 2 aliphatic heterocycles. The minimum atomic E-state index is -1.47. The van der Waals surface area contributed by atoms with Gasteiger partial charge in [0.1, 0.15) is 11.4 Å². The van der Waals surface area contributed by atoms with Crippen molar-refractivity contribution in [2.24, 2.45) is 0 Å². The van der Waals surface area contributed by atoms with E-state index in [1.54, 1.807) is 0 Å². The number of amides is 2. The molecule has 2 amide bonds. The third-order valence-electron chi connectivity index (χ3n) is 4.10. The zero-order valence-electron chi connectivity index (χ0n) is 14.7. The fourth-order valence-corrected chi connectivity index (χ4v) is 4.80. The third kappa shape index (κ3) is 4.57. The number of fused-ring (bicyclic) bond motifs is 1. The molecule has 2 unspecified atom stereocenters. The van der Waals surface area contributed by atoms with Crippen LogP contribution in [0.1, 0.15) is 11.3 Å². The molecule has 1 saturated heterocycles. The number of thiophene rings is 1. The van der Waals surface area contributed by atoms with E-state index >= 15 is 0 Å². The van der Waals surface area contributed by atoms with E-state index in [0.717, 1.165) is 9.78 Å². The minimum absolute atomic E-state index is 0. The molecule has 1 aromatic heterocycles. The van der Waals surface area contributed by atoms with Crippen LogP contribution >= 0.6 is 23.1 Å². The summed E-state index contributed by atoms with van der Waals surface area (Å²) < 4.78 is 4.55. The number of esters is 1. The number of nitrogens with one attached hydrogen (secondary N) is 1. The van der Waals surface area contributed by atoms with Crippen molar-refractivity contribution in [1.82, 2.24) is 10.2 Å². The fraction of sp³-hybridized carbons (Fsp3) is 0.375. The number of thioether (sulfide) groups is 1. The summed E-state index contributed by atoms with van der Waals surface area (Å²) in [6.45, 7) is 0. The van der Waals surface area contributed by atoms with Gasteiger partial charge in [-0.05, 0) is 22.4 Å². The maximum Gasteiger partial charge on any atom is 1.00 e. The molecule has 0 saturated carbocycles. The summed E-state index contributed by atoms with van der Waals surface area (Å²) in [5, 5.41) is 17.0. The minimum Gasteiger partial charge on any atom is -0.548 e. The first-order valence-corrected chi connectivity index (χ1v) is 9.50. The number of carbonyl (C=O) groups is 4. The van der Waals surface area contributed by atoms with Crippen molar-refractivity contribution in [1.29, 1.82) is 0 Å². The van der Waals surface area contributed by atoms with E-state index in [0.29, 0.717) is 0 Å². The first kappa shape index (κ1) is 22.0. The van der Waals surface area contributed by atoms with Crippen molar-refractivity contribution < 1.29 is 58.6 Å². The van der Waals surface area contributed by atoms with Crippen LogP contribution in [0.15, 0.2) is 28.5 Å². The molecule has 0 aliphatic carbocycles. The molecule has 0 spiro atoms. The molecule has 1 aromatic rings. The van der Waals surface area contributed by atoms with Gasteiger partial charge in [-0.2, -0.15) is 0 Å². The standard InChI is InChI=1S/C16H16N2O6S2.Na/c1-24-11(20)5-8-7-26-15-12(14(21)18(15)13(8)16(22)23)17-10(19)6-9-3-2-4-25-9;/h2-4,7,12-13,15H,5-6H2,1H3,(H,17,19)(H,22,23);/q;+1/p-1/t12?,13?,15-;/m0./s1. The Balaban J connectivity index is 0.00000261. The smallest absolute Gasteiger partial charge is 0.548 e. The van der Waals surface area contributed by atoms with Gasteiger partial charge in [0.2, 0.25) is 11.8 Å². The average Bonchev–Trinajstić information content (AvgIpc) is 3.11. The Hall–Kier alpha value is -1.33. The summed E-state index contributed by atoms with van der Waals surface area (Å²) in [5.41, 5.74) is 0.231. The van der Waals surface area contributed by atoms with Crippen molar-refractivity contribution in [3.8, 4) is 0 Å². The molecule has 3 heterocycles. The zero-order valence-corrected chi connectivity index (χ0v) is 18.3. The van der Waals surface area contributed by atoms with Crippen LogP contribution in [0, 0.1) is 0 Å². The SMILES string of the molecule is COC(=O)CC1=CS[C@H]2C(NC(=O)Cc3cccs3)C(=O)N2C1C(=O)[O-].[Na+]. The number of aliphatic carboxylic acids is 1. The van der Waals surface area contributed by atoms with E-state index in [1.807, 2.05) is 17.5 Å². The Morgan fingerprint density at radius 1 is 1.33 bits per heavy atom. The quantitative estimate of drug-likeness (QED) is 0.287. The zero-order chi connectivity index (χ0) is 18.8. The number of β-lactam (4-membered cyclic amide) rings is 1. The summed E-state index contributed by atoms with van der Waals surface area (Å²) in [5.74, 6) is -2.88. The number of nitrogens with zero attached hydrogens (tertiary/aromatic N) is 1. The van der Waals surface area contributed by atoms with Crippen LogP contribution in [0.5, 0.6) is 0 Å². The Morgan fingerprint density at radius 3 is 2.67 bits per heavy atom. The monoisotopic (exact) mass is 418 g/mol. The summed E-state index contributed by atoms with van der Waals surface area (Å²) in [6.07, 6.45) is -0.0831. The van der Waals surface area contributed by atoms with Gasteiger partial charge < -0.3 is 24.9 Å². The number of methoxy groups -OCH3 is 1. The molecule has 138 valence electrons. The van der Waals surface area contributed by atoms with Crippen LogP contribution in [0.25, 0.3) is 0 Å². The van der Waals surface area contributed by atoms with Gasteiger partial charge in [0.15, 0.2) is 0 Å². The fourth-order valence-electron chi connectivity index (χ4n) is 2.88. The number of carboxylic acids is 1. The van der Waals surface area contributed by atoms with Crippen molar-refractivity contribution >= 4 is 46.9 Å². The molecule has 3 rings (SSSR count). The van der Waals surface area contributed by atoms with E-state index in [2.05, 4.69) is 10.1 Å². The molecule has 3 atom stereocenters. The average molecular weight is 418 g/mol. The second-order valence-electron chi connectivity index (χ2n) is 5.74. The number of carbonyl (C=O) groups excluding carboxylic acids is 4. The van der Waals surface area contributed by atoms with E-state index in [1.165, 1.54) is 35.6 Å². The molecular weight excluding hydrogens is 403 g/mol. The van der Waals surface area contributed by atoms with Crippen molar-refractivity contribution in [2.75, 3.05) is 7.11 Å². The number of carboxylic acid groups (broad SMARTS) is 1. The van der Waals surface area contributed by atoms with Gasteiger partial charge in [0, 0.05) is 4.88 Å². The molecule has 8 nitrogen and oxygen atoms in total. The molecule has 1 N–H and O–H groups in total. The van der Waals surface area contributed by atoms with Crippen molar-refractivity contribution in [2.45, 2.75) is 30.3 Å². The molecule has 27 heavy (non-hydrogen) atoms. The molecule has 2 aliphatic rings. The van der Waals surface area contributed by atoms with Gasteiger partial charge in [-0.1, -0.05) is 6.07 Å². The van der Waals surface area contributed by atoms with Gasteiger partial charge in [0.05, 0.1) is 32.0 Å². The van der Waals surface area contributed by atoms with Gasteiger partial charge in [0.25, 0.3) is 0 Å². The second-order valence-corrected chi connectivity index (χ2v) is 7.76. The van der Waals surface area contributed by atoms with Gasteiger partial charge in [-0.25, -0.2) is 0 Å². The number of hydrogen-bond donors (Lipinski definition) is 1. The van der Waals surface area contributed by atoms with E-state index in [-0.39, 0.29) is 53.9 Å². The van der Waals surface area contributed by atoms with Crippen molar-refractivity contribution in [3.63, 3.8) is 0 Å². The normalized spacial score (nSPS) is 23.3. The first-order chi connectivity index (χ1) is 12.4. The topological polar surface area (TPSA) is 116 Å². The second kappa shape index (κ2) is 9.24. The Morgan fingerprint density at radius 2 is 2.07 bits per heavy atom. The largest absolute Gasteiger partial charge is 1.00 e. The number of rotatable bonds is 6. The Kier molecular flexibility index (Phi) is 7.52. The summed E-state index contributed by atoms with van der Waals surface area (Å²) in [7, 11) is 1.20. The number of hydrogen-bond acceptors (Lipinski definition) is 8. The first-order valence-electron chi connectivity index (χ1n) is 7.68. The maximum atomic E-state index is 12.4. The van der Waals surface area contributed by atoms with Crippen LogP contribution in [0.4, 0.5) is 0 Å². The Labute approximate surface area is 185 Å². The van der Waals surface area contributed by atoms with E-state index < -0.39 is 35.3 Å². The van der Waals surface area contributed by atoms with Crippen molar-refractivity contribution in [3.05, 3.63) is 33.4 Å². The van der Waals surface area contributed by atoms with E-state index in [9.17, 15) is 24.3 Å². The predicted octanol–water partition coefficient (Wildman–Crippen LogP) is -3.74. The van der Waals surface area contributed by atoms with E-state index in [4.69, 9.17) is 0 Å². The summed E-state index contributed by atoms with van der Waals surface area (Å²) >= 11 is 2.63. The van der Waals surface area contributed by atoms with Crippen LogP contribution in [0.2, 0.25) is 0 Å². The predicted molar refractivity (Wildman–Crippen MR) is 91.7 cm³/mol. The van der Waals surface area contributed by atoms with Crippen LogP contribution in [-0.2, 0) is 30.3 Å². The summed E-state index contributed by atoms with van der Waals surface area (Å²) in [4.78, 5) is 49.5. The van der Waals surface area contributed by atoms with Crippen LogP contribution < -0.4 is 40.0 Å². The van der Waals surface area contributed by atoms with Crippen LogP contribution in [0.3, 0.4) is 0 Å².